The second kappa shape index (κ2) is 12.4. The Morgan fingerprint density at radius 1 is 0.841 bits per heavy atom. The molecule has 1 aliphatic rings. The van der Waals surface area contributed by atoms with E-state index in [0.29, 0.717) is 48.3 Å². The number of aryl methyl sites for hydroxylation is 1. The van der Waals surface area contributed by atoms with Gasteiger partial charge in [0.15, 0.2) is 11.5 Å². The summed E-state index contributed by atoms with van der Waals surface area (Å²) in [5.41, 5.74) is 1.85. The molecule has 0 spiro atoms. The first-order valence-electron chi connectivity index (χ1n) is 14.1. The minimum absolute atomic E-state index is 0.187. The zero-order valence-electron chi connectivity index (χ0n) is 24.5. The maximum atomic E-state index is 13.3. The molecule has 1 saturated heterocycles. The highest BCUT2D eigenvalue weighted by Crippen LogP contribution is 2.36. The van der Waals surface area contributed by atoms with Crippen molar-refractivity contribution < 1.29 is 9.47 Å². The Balaban J connectivity index is 0.000000289. The smallest absolute Gasteiger partial charge is 0.331 e. The van der Waals surface area contributed by atoms with Gasteiger partial charge in [-0.2, -0.15) is 0 Å². The third-order valence-electron chi connectivity index (χ3n) is 7.92. The van der Waals surface area contributed by atoms with Crippen LogP contribution in [0.2, 0.25) is 0 Å². The first-order valence-corrected chi connectivity index (χ1v) is 14.9. The van der Waals surface area contributed by atoms with E-state index in [0.717, 1.165) is 32.1 Å². The van der Waals surface area contributed by atoms with E-state index in [9.17, 15) is 9.59 Å². The molecule has 44 heavy (non-hydrogen) atoms. The lowest BCUT2D eigenvalue weighted by atomic mass is 10.0. The van der Waals surface area contributed by atoms with Gasteiger partial charge in [0.2, 0.25) is 0 Å². The third-order valence-corrected chi connectivity index (χ3v) is 8.42. The van der Waals surface area contributed by atoms with Gasteiger partial charge >= 0.3 is 5.69 Å². The molecule has 3 aromatic carbocycles. The molecule has 11 nitrogen and oxygen atoms in total. The lowest BCUT2D eigenvalue weighted by Gasteiger charge is -2.34. The fourth-order valence-corrected chi connectivity index (χ4v) is 6.02. The number of piperidine rings is 1. The van der Waals surface area contributed by atoms with Crippen LogP contribution >= 0.6 is 15.9 Å². The van der Waals surface area contributed by atoms with Gasteiger partial charge in [-0.3, -0.25) is 13.9 Å². The summed E-state index contributed by atoms with van der Waals surface area (Å²) in [6, 6.07) is 16.8. The number of methoxy groups -OCH3 is 2. The van der Waals surface area contributed by atoms with Crippen molar-refractivity contribution in [1.82, 2.24) is 29.1 Å². The van der Waals surface area contributed by atoms with Crippen LogP contribution < -0.4 is 25.6 Å². The van der Waals surface area contributed by atoms with Gasteiger partial charge in [-0.15, -0.1) is 0 Å². The molecule has 3 aromatic heterocycles. The molecule has 1 fully saturated rings. The van der Waals surface area contributed by atoms with Crippen molar-refractivity contribution in [2.75, 3.05) is 32.2 Å². The highest BCUT2D eigenvalue weighted by atomic mass is 79.9. The Labute approximate surface area is 260 Å². The number of hydrogen-bond donors (Lipinski definition) is 0. The van der Waals surface area contributed by atoms with Crippen molar-refractivity contribution in [3.05, 3.63) is 98.8 Å². The van der Waals surface area contributed by atoms with Gasteiger partial charge in [-0.25, -0.2) is 24.7 Å². The quantitative estimate of drug-likeness (QED) is 0.261. The van der Waals surface area contributed by atoms with Gasteiger partial charge in [0, 0.05) is 53.7 Å². The average molecular weight is 657 g/mol. The Bertz CT molecular complexity index is 2040. The fraction of sp³-hybridized carbons (Fsp3) is 0.250. The summed E-state index contributed by atoms with van der Waals surface area (Å²) < 4.78 is 14.6. The molecule has 0 atom stereocenters. The van der Waals surface area contributed by atoms with Crippen LogP contribution in [0.1, 0.15) is 18.9 Å². The fourth-order valence-electron chi connectivity index (χ4n) is 5.66. The van der Waals surface area contributed by atoms with Crippen LogP contribution in [0.3, 0.4) is 0 Å². The van der Waals surface area contributed by atoms with Gasteiger partial charge in [0.25, 0.3) is 5.56 Å². The van der Waals surface area contributed by atoms with E-state index >= 15 is 0 Å². The van der Waals surface area contributed by atoms with Crippen LogP contribution in [-0.2, 0) is 7.05 Å². The van der Waals surface area contributed by atoms with Gasteiger partial charge < -0.3 is 14.4 Å². The van der Waals surface area contributed by atoms with E-state index in [-0.39, 0.29) is 17.3 Å². The van der Waals surface area contributed by atoms with Crippen molar-refractivity contribution in [1.29, 1.82) is 0 Å². The maximum Gasteiger partial charge on any atom is 0.331 e. The number of ether oxygens (including phenoxy) is 2. The molecule has 0 N–H and O–H groups in total. The van der Waals surface area contributed by atoms with Crippen molar-refractivity contribution >= 4 is 54.5 Å². The predicted octanol–water partition coefficient (Wildman–Crippen LogP) is 4.89. The number of nitrogens with zero attached hydrogens (tertiary/aromatic N) is 7. The highest BCUT2D eigenvalue weighted by molar-refractivity contribution is 9.10. The van der Waals surface area contributed by atoms with E-state index in [1.807, 2.05) is 48.7 Å². The molecule has 4 heterocycles. The first kappa shape index (κ1) is 29.2. The number of anilines is 1. The summed E-state index contributed by atoms with van der Waals surface area (Å²) in [5.74, 6) is 2.02. The molecule has 0 radical (unpaired) electrons. The van der Waals surface area contributed by atoms with Gasteiger partial charge in [-0.05, 0) is 43.2 Å². The van der Waals surface area contributed by atoms with Crippen molar-refractivity contribution in [3.8, 4) is 11.5 Å². The summed E-state index contributed by atoms with van der Waals surface area (Å²) in [5, 5.41) is 2.48. The summed E-state index contributed by atoms with van der Waals surface area (Å²) >= 11 is 3.43. The standard InChI is InChI=1S/C24H24BrN5O4.C8H6N2/c1-28-19-5-4-14(25)10-17(19)23(31)30(24(28)32)15-6-8-29(9-7-15)22-16-11-20(33-2)21(34-3)12-18(16)26-13-27-22;1-2-4-8-7(3-1)5-9-6-10-8/h4-5,10-13,15H,6-9H2,1-3H3;1-6H. The third kappa shape index (κ3) is 5.48. The van der Waals surface area contributed by atoms with Crippen LogP contribution in [0.5, 0.6) is 11.5 Å². The molecule has 0 unspecified atom stereocenters. The topological polar surface area (TPSA) is 117 Å². The molecule has 12 heteroatoms. The zero-order chi connectivity index (χ0) is 30.8. The van der Waals surface area contributed by atoms with E-state index < -0.39 is 0 Å². The Morgan fingerprint density at radius 2 is 1.57 bits per heavy atom. The summed E-state index contributed by atoms with van der Waals surface area (Å²) in [6.07, 6.45) is 6.20. The molecule has 0 saturated carbocycles. The molecule has 0 bridgehead atoms. The summed E-state index contributed by atoms with van der Waals surface area (Å²) in [7, 11) is 4.89. The second-order valence-electron chi connectivity index (χ2n) is 10.4. The summed E-state index contributed by atoms with van der Waals surface area (Å²) in [6.45, 7) is 1.30. The van der Waals surface area contributed by atoms with E-state index in [2.05, 4.69) is 40.8 Å². The number of hydrogen-bond acceptors (Lipinski definition) is 9. The maximum absolute atomic E-state index is 13.3. The van der Waals surface area contributed by atoms with E-state index in [4.69, 9.17) is 9.47 Å². The lowest BCUT2D eigenvalue weighted by molar-refractivity contribution is 0.355. The number of rotatable bonds is 4. The highest BCUT2D eigenvalue weighted by Gasteiger charge is 2.26. The lowest BCUT2D eigenvalue weighted by Crippen LogP contribution is -2.45. The first-order chi connectivity index (χ1) is 21.4. The van der Waals surface area contributed by atoms with Crippen LogP contribution in [0, 0.1) is 0 Å². The SMILES string of the molecule is COc1cc2ncnc(N3CCC(n4c(=O)c5cc(Br)ccc5n(C)c4=O)CC3)c2cc1OC.c1ccc2ncncc2c1. The molecule has 1 aliphatic heterocycles. The van der Waals surface area contributed by atoms with Gasteiger partial charge in [0.1, 0.15) is 18.5 Å². The zero-order valence-corrected chi connectivity index (χ0v) is 26.1. The molecule has 7 rings (SSSR count). The Kier molecular flexibility index (Phi) is 8.25. The molecular weight excluding hydrogens is 626 g/mol. The van der Waals surface area contributed by atoms with Crippen LogP contribution in [0.4, 0.5) is 5.82 Å². The van der Waals surface area contributed by atoms with Crippen molar-refractivity contribution in [2.24, 2.45) is 7.05 Å². The normalized spacial score (nSPS) is 13.6. The largest absolute Gasteiger partial charge is 0.493 e. The monoisotopic (exact) mass is 655 g/mol. The molecule has 0 aliphatic carbocycles. The van der Waals surface area contributed by atoms with Crippen LogP contribution in [0.25, 0.3) is 32.7 Å². The number of aromatic nitrogens is 6. The number of para-hydroxylation sites is 1. The van der Waals surface area contributed by atoms with Crippen molar-refractivity contribution in [2.45, 2.75) is 18.9 Å². The Morgan fingerprint density at radius 3 is 2.32 bits per heavy atom. The van der Waals surface area contributed by atoms with E-state index in [1.165, 1.54) is 10.9 Å². The van der Waals surface area contributed by atoms with Crippen LogP contribution in [0.15, 0.2) is 87.5 Å². The summed E-state index contributed by atoms with van der Waals surface area (Å²) in [4.78, 5) is 45.4. The number of halogens is 1. The molecule has 0 amide bonds. The number of benzene rings is 3. The van der Waals surface area contributed by atoms with Gasteiger partial charge in [-0.1, -0.05) is 34.1 Å². The molecule has 224 valence electrons. The number of fused-ring (bicyclic) bond motifs is 3. The molecule has 6 aromatic rings. The average Bonchev–Trinajstić information content (AvgIpc) is 3.07. The van der Waals surface area contributed by atoms with Gasteiger partial charge in [0.05, 0.1) is 36.2 Å². The van der Waals surface area contributed by atoms with E-state index in [1.54, 1.807) is 44.3 Å². The molecular formula is C32H30BrN7O4. The predicted molar refractivity (Wildman–Crippen MR) is 174 cm³/mol. The van der Waals surface area contributed by atoms with Crippen molar-refractivity contribution in [3.63, 3.8) is 0 Å². The minimum atomic E-state index is -0.289. The minimum Gasteiger partial charge on any atom is -0.493 e. The second-order valence-corrected chi connectivity index (χ2v) is 11.3. The Hall–Kier alpha value is -4.84. The van der Waals surface area contributed by atoms with Crippen LogP contribution in [-0.4, -0.2) is 56.4 Å².